The van der Waals surface area contributed by atoms with Gasteiger partial charge in [-0.1, -0.05) is 18.5 Å². The molecule has 1 aromatic heterocycles. The van der Waals surface area contributed by atoms with Crippen molar-refractivity contribution in [3.05, 3.63) is 52.4 Å². The van der Waals surface area contributed by atoms with Gasteiger partial charge in [0.05, 0.1) is 6.21 Å². The van der Waals surface area contributed by atoms with Crippen molar-refractivity contribution in [3.63, 3.8) is 0 Å². The quantitative estimate of drug-likeness (QED) is 0.637. The van der Waals surface area contributed by atoms with E-state index in [9.17, 15) is 4.79 Å². The molecule has 1 fully saturated rings. The van der Waals surface area contributed by atoms with Crippen LogP contribution in [0.2, 0.25) is 5.02 Å². The Hall–Kier alpha value is -2.27. The van der Waals surface area contributed by atoms with Crippen molar-refractivity contribution in [1.82, 2.24) is 5.43 Å². The maximum Gasteiger partial charge on any atom is 0.277 e. The number of nitrogens with one attached hydrogen (secondary N) is 1. The summed E-state index contributed by atoms with van der Waals surface area (Å²) in [6, 6.07) is 9.04. The van der Waals surface area contributed by atoms with Crippen LogP contribution in [0.3, 0.4) is 0 Å². The van der Waals surface area contributed by atoms with Gasteiger partial charge in [0.25, 0.3) is 5.91 Å². The first kappa shape index (κ1) is 16.6. The SMILES string of the molecule is Cc1cc(OCC(=O)N/N=C\c2ccc([C@@H]3C[C@@H]3C)o2)ccc1Cl. The second kappa shape index (κ2) is 7.09. The zero-order valence-electron chi connectivity index (χ0n) is 13.6. The van der Waals surface area contributed by atoms with Crippen LogP contribution in [0.25, 0.3) is 0 Å². The molecule has 1 aliphatic rings. The largest absolute Gasteiger partial charge is 0.484 e. The topological polar surface area (TPSA) is 63.8 Å². The Morgan fingerprint density at radius 3 is 2.96 bits per heavy atom. The first-order valence-corrected chi connectivity index (χ1v) is 8.21. The smallest absolute Gasteiger partial charge is 0.277 e. The zero-order chi connectivity index (χ0) is 17.1. The Balaban J connectivity index is 1.44. The Morgan fingerprint density at radius 2 is 2.25 bits per heavy atom. The summed E-state index contributed by atoms with van der Waals surface area (Å²) in [5, 5.41) is 4.54. The van der Waals surface area contributed by atoms with Gasteiger partial charge in [0, 0.05) is 10.9 Å². The van der Waals surface area contributed by atoms with E-state index in [1.807, 2.05) is 19.1 Å². The Labute approximate surface area is 145 Å². The van der Waals surface area contributed by atoms with E-state index in [0.29, 0.717) is 28.4 Å². The molecule has 0 spiro atoms. The molecule has 2 aromatic rings. The maximum absolute atomic E-state index is 11.7. The van der Waals surface area contributed by atoms with Crippen LogP contribution in [-0.4, -0.2) is 18.7 Å². The van der Waals surface area contributed by atoms with E-state index in [1.54, 1.807) is 18.2 Å². The average Bonchev–Trinajstić information content (AvgIpc) is 3.09. The lowest BCUT2D eigenvalue weighted by Crippen LogP contribution is -2.24. The minimum Gasteiger partial charge on any atom is -0.484 e. The van der Waals surface area contributed by atoms with E-state index < -0.39 is 0 Å². The normalized spacial score (nSPS) is 19.5. The van der Waals surface area contributed by atoms with Crippen LogP contribution in [0.15, 0.2) is 39.9 Å². The summed E-state index contributed by atoms with van der Waals surface area (Å²) in [7, 11) is 0. The number of halogens is 1. The summed E-state index contributed by atoms with van der Waals surface area (Å²) < 4.78 is 11.1. The number of hydrogen-bond donors (Lipinski definition) is 1. The summed E-state index contributed by atoms with van der Waals surface area (Å²) in [6.45, 7) is 3.95. The number of ether oxygens (including phenoxy) is 1. The number of hydrazone groups is 1. The molecule has 0 unspecified atom stereocenters. The molecule has 1 amide bonds. The fourth-order valence-electron chi connectivity index (χ4n) is 2.41. The Kier molecular flexibility index (Phi) is 4.90. The highest BCUT2D eigenvalue weighted by atomic mass is 35.5. The number of hydrogen-bond acceptors (Lipinski definition) is 4. The van der Waals surface area contributed by atoms with Gasteiger partial charge in [0.15, 0.2) is 6.61 Å². The number of nitrogens with zero attached hydrogens (tertiary/aromatic N) is 1. The minimum atomic E-state index is -0.346. The van der Waals surface area contributed by atoms with Crippen molar-refractivity contribution in [2.75, 3.05) is 6.61 Å². The zero-order valence-corrected chi connectivity index (χ0v) is 14.3. The number of aryl methyl sites for hydroxylation is 1. The van der Waals surface area contributed by atoms with Crippen molar-refractivity contribution in [2.45, 2.75) is 26.2 Å². The monoisotopic (exact) mass is 346 g/mol. The standard InChI is InChI=1S/C18H19ClN2O3/c1-11-8-15(11)17-6-4-14(24-17)9-20-21-18(22)10-23-13-3-5-16(19)12(2)7-13/h3-7,9,11,15H,8,10H2,1-2H3,(H,21,22)/b20-9-/t11-,15+/m0/s1. The van der Waals surface area contributed by atoms with Gasteiger partial charge < -0.3 is 9.15 Å². The molecular formula is C18H19ClN2O3. The number of carbonyl (C=O) groups excluding carboxylic acids is 1. The minimum absolute atomic E-state index is 0.124. The van der Waals surface area contributed by atoms with E-state index >= 15 is 0 Å². The summed E-state index contributed by atoms with van der Waals surface area (Å²) >= 11 is 5.94. The second-order valence-electron chi connectivity index (χ2n) is 6.05. The lowest BCUT2D eigenvalue weighted by atomic mass is 10.2. The van der Waals surface area contributed by atoms with E-state index in [1.165, 1.54) is 12.6 Å². The molecule has 1 heterocycles. The molecule has 3 rings (SSSR count). The molecule has 1 saturated carbocycles. The Morgan fingerprint density at radius 1 is 1.46 bits per heavy atom. The van der Waals surface area contributed by atoms with Gasteiger partial charge in [-0.2, -0.15) is 5.10 Å². The van der Waals surface area contributed by atoms with Crippen molar-refractivity contribution in [1.29, 1.82) is 0 Å². The van der Waals surface area contributed by atoms with Crippen molar-refractivity contribution >= 4 is 23.7 Å². The van der Waals surface area contributed by atoms with Gasteiger partial charge in [-0.25, -0.2) is 5.43 Å². The van der Waals surface area contributed by atoms with Crippen LogP contribution >= 0.6 is 11.6 Å². The van der Waals surface area contributed by atoms with Crippen LogP contribution in [0.5, 0.6) is 5.75 Å². The lowest BCUT2D eigenvalue weighted by Gasteiger charge is -2.06. The number of furan rings is 1. The van der Waals surface area contributed by atoms with Crippen molar-refractivity contribution in [3.8, 4) is 5.75 Å². The maximum atomic E-state index is 11.7. The third kappa shape index (κ3) is 4.17. The summed E-state index contributed by atoms with van der Waals surface area (Å²) in [5.74, 6) is 3.06. The highest BCUT2D eigenvalue weighted by Gasteiger charge is 2.36. The molecule has 2 atom stereocenters. The van der Waals surface area contributed by atoms with Crippen molar-refractivity contribution in [2.24, 2.45) is 11.0 Å². The van der Waals surface area contributed by atoms with Gasteiger partial charge in [0.2, 0.25) is 0 Å². The first-order valence-electron chi connectivity index (χ1n) is 7.83. The average molecular weight is 347 g/mol. The van der Waals surface area contributed by atoms with Crippen molar-refractivity contribution < 1.29 is 13.9 Å². The molecule has 1 N–H and O–H groups in total. The predicted molar refractivity (Wildman–Crippen MR) is 92.7 cm³/mol. The molecule has 0 radical (unpaired) electrons. The van der Waals surface area contributed by atoms with Gasteiger partial charge >= 0.3 is 0 Å². The Bertz CT molecular complexity index is 769. The van der Waals surface area contributed by atoms with Gasteiger partial charge in [-0.15, -0.1) is 0 Å². The highest BCUT2D eigenvalue weighted by Crippen LogP contribution is 2.47. The molecule has 0 aliphatic heterocycles. The van der Waals surface area contributed by atoms with Crippen LogP contribution in [0.4, 0.5) is 0 Å². The van der Waals surface area contributed by atoms with Gasteiger partial charge in [-0.05, 0) is 55.2 Å². The van der Waals surface area contributed by atoms with E-state index in [0.717, 1.165) is 11.3 Å². The third-order valence-electron chi connectivity index (χ3n) is 4.00. The molecule has 1 aliphatic carbocycles. The summed E-state index contributed by atoms with van der Waals surface area (Å²) in [5.41, 5.74) is 3.30. The third-order valence-corrected chi connectivity index (χ3v) is 4.43. The molecule has 5 nitrogen and oxygen atoms in total. The lowest BCUT2D eigenvalue weighted by molar-refractivity contribution is -0.123. The van der Waals surface area contributed by atoms with Gasteiger partial charge in [0.1, 0.15) is 17.3 Å². The predicted octanol–water partition coefficient (Wildman–Crippen LogP) is 3.89. The summed E-state index contributed by atoms with van der Waals surface area (Å²) in [4.78, 5) is 11.7. The van der Waals surface area contributed by atoms with Crippen LogP contribution in [0, 0.1) is 12.8 Å². The summed E-state index contributed by atoms with van der Waals surface area (Å²) in [6.07, 6.45) is 2.66. The molecule has 126 valence electrons. The number of amides is 1. The van der Waals surface area contributed by atoms with Crippen LogP contribution in [-0.2, 0) is 4.79 Å². The van der Waals surface area contributed by atoms with E-state index in [4.69, 9.17) is 20.8 Å². The molecular weight excluding hydrogens is 328 g/mol. The van der Waals surface area contributed by atoms with Crippen LogP contribution < -0.4 is 10.2 Å². The fraction of sp³-hybridized carbons (Fsp3) is 0.333. The molecule has 0 bridgehead atoms. The number of rotatable bonds is 6. The molecule has 1 aromatic carbocycles. The molecule has 0 saturated heterocycles. The van der Waals surface area contributed by atoms with Gasteiger partial charge in [-0.3, -0.25) is 4.79 Å². The highest BCUT2D eigenvalue weighted by molar-refractivity contribution is 6.31. The van der Waals surface area contributed by atoms with E-state index in [2.05, 4.69) is 17.5 Å². The van der Waals surface area contributed by atoms with E-state index in [-0.39, 0.29) is 12.5 Å². The number of carbonyl (C=O) groups is 1. The molecule has 6 heteroatoms. The number of benzene rings is 1. The first-order chi connectivity index (χ1) is 11.5. The second-order valence-corrected chi connectivity index (χ2v) is 6.46. The van der Waals surface area contributed by atoms with Crippen LogP contribution in [0.1, 0.15) is 36.3 Å². The fourth-order valence-corrected chi connectivity index (χ4v) is 2.53. The molecule has 24 heavy (non-hydrogen) atoms.